The third-order valence-electron chi connectivity index (χ3n) is 6.07. The van der Waals surface area contributed by atoms with Gasteiger partial charge in [-0.25, -0.2) is 4.79 Å². The summed E-state index contributed by atoms with van der Waals surface area (Å²) in [4.78, 5) is 36.6. The molecule has 5 rings (SSSR count). The Balaban J connectivity index is 1.32. The lowest BCUT2D eigenvalue weighted by Gasteiger charge is -2.38. The smallest absolute Gasteiger partial charge is 0.330 e. The van der Waals surface area contributed by atoms with Crippen molar-refractivity contribution in [2.24, 2.45) is 20.7 Å². The van der Waals surface area contributed by atoms with Crippen LogP contribution < -0.4 is 0 Å². The monoisotopic (exact) mass is 512 g/mol. The molecule has 3 heterocycles. The molecule has 13 heteroatoms. The average molecular weight is 513 g/mol. The number of rotatable bonds is 8. The number of nitro groups is 1. The van der Waals surface area contributed by atoms with Crippen molar-refractivity contribution in [2.45, 2.75) is 41.1 Å². The van der Waals surface area contributed by atoms with E-state index in [0.717, 1.165) is 5.56 Å². The fourth-order valence-corrected chi connectivity index (χ4v) is 7.36. The Hall–Kier alpha value is -3.32. The first-order valence-corrected chi connectivity index (χ1v) is 12.6. The molecule has 0 aromatic heterocycles. The van der Waals surface area contributed by atoms with Crippen LogP contribution in [0.3, 0.4) is 0 Å². The van der Waals surface area contributed by atoms with Gasteiger partial charge in [0.05, 0.1) is 21.5 Å². The van der Waals surface area contributed by atoms with Crippen LogP contribution in [0.4, 0.5) is 5.69 Å². The van der Waals surface area contributed by atoms with Crippen LogP contribution in [0.2, 0.25) is 0 Å². The van der Waals surface area contributed by atoms with E-state index in [9.17, 15) is 19.7 Å². The van der Waals surface area contributed by atoms with Crippen LogP contribution in [0, 0.1) is 10.1 Å². The Kier molecular flexibility index (Phi) is 6.05. The second kappa shape index (κ2) is 9.04. The van der Waals surface area contributed by atoms with Gasteiger partial charge in [-0.2, -0.15) is 0 Å². The van der Waals surface area contributed by atoms with E-state index in [1.54, 1.807) is 28.8 Å². The summed E-state index contributed by atoms with van der Waals surface area (Å²) in [5.74, 6) is -0.174. The number of benzene rings is 2. The van der Waals surface area contributed by atoms with E-state index in [1.807, 2.05) is 37.3 Å². The Labute approximate surface area is 208 Å². The van der Waals surface area contributed by atoms with Crippen LogP contribution in [0.1, 0.15) is 24.5 Å². The predicted molar refractivity (Wildman–Crippen MR) is 128 cm³/mol. The maximum absolute atomic E-state index is 13.3. The highest BCUT2D eigenvalue weighted by atomic mass is 32.2. The van der Waals surface area contributed by atoms with Crippen molar-refractivity contribution < 1.29 is 19.2 Å². The van der Waals surface area contributed by atoms with E-state index in [2.05, 4.69) is 20.7 Å². The van der Waals surface area contributed by atoms with Crippen molar-refractivity contribution in [3.63, 3.8) is 0 Å². The van der Waals surface area contributed by atoms with Crippen LogP contribution in [0.5, 0.6) is 0 Å². The zero-order valence-corrected chi connectivity index (χ0v) is 20.1. The van der Waals surface area contributed by atoms with Crippen molar-refractivity contribution in [1.29, 1.82) is 0 Å². The van der Waals surface area contributed by atoms with Gasteiger partial charge in [0.25, 0.3) is 10.7 Å². The van der Waals surface area contributed by atoms with Crippen molar-refractivity contribution in [3.05, 3.63) is 75.8 Å². The number of hydrogen-bond donors (Lipinski definition) is 0. The van der Waals surface area contributed by atoms with E-state index in [4.69, 9.17) is 4.74 Å². The second-order valence-corrected chi connectivity index (χ2v) is 11.3. The number of ether oxygens (including phenoxy) is 1. The van der Waals surface area contributed by atoms with Gasteiger partial charge >= 0.3 is 5.97 Å². The molecular formula is C22H20N6O5S2. The first-order chi connectivity index (χ1) is 16.8. The molecule has 0 spiro atoms. The summed E-state index contributed by atoms with van der Waals surface area (Å²) in [5.41, 5.74) is 1.39. The number of thioether (sulfide) groups is 2. The van der Waals surface area contributed by atoms with Gasteiger partial charge in [0.15, 0.2) is 0 Å². The predicted octanol–water partition coefficient (Wildman–Crippen LogP) is 4.45. The van der Waals surface area contributed by atoms with Crippen LogP contribution in [0.25, 0.3) is 0 Å². The minimum absolute atomic E-state index is 0.0422. The number of amides is 1. The molecular weight excluding hydrogens is 492 g/mol. The number of carbonyl (C=O) groups is 2. The van der Waals surface area contributed by atoms with Crippen LogP contribution in [0.15, 0.2) is 75.3 Å². The molecule has 3 aliphatic heterocycles. The lowest BCUT2D eigenvalue weighted by molar-refractivity contribution is -0.384. The van der Waals surface area contributed by atoms with Gasteiger partial charge in [-0.05, 0) is 35.1 Å². The molecule has 2 aromatic rings. The molecule has 3 atom stereocenters. The average Bonchev–Trinajstić information content (AvgIpc) is 3.44. The normalized spacial score (nSPS) is 25.9. The summed E-state index contributed by atoms with van der Waals surface area (Å²) in [6.07, 6.45) is 0.375. The van der Waals surface area contributed by atoms with Crippen molar-refractivity contribution in [1.82, 2.24) is 4.90 Å². The summed E-state index contributed by atoms with van der Waals surface area (Å²) in [5, 5.41) is 26.7. The Bertz CT molecular complexity index is 1210. The second-order valence-electron chi connectivity index (χ2n) is 8.47. The molecule has 3 aliphatic rings. The molecule has 0 bridgehead atoms. The van der Waals surface area contributed by atoms with Gasteiger partial charge in [0.1, 0.15) is 12.6 Å². The highest BCUT2D eigenvalue weighted by Gasteiger charge is 2.61. The van der Waals surface area contributed by atoms with E-state index in [0.29, 0.717) is 17.7 Å². The van der Waals surface area contributed by atoms with Crippen LogP contribution >= 0.6 is 23.5 Å². The molecule has 0 saturated carbocycles. The molecule has 35 heavy (non-hydrogen) atoms. The van der Waals surface area contributed by atoms with Gasteiger partial charge in [-0.1, -0.05) is 42.1 Å². The SMILES string of the molecule is CC1(CSC2(c3ccccc3)N=NN=N2)SC2CC(=O)N2C1C(=O)OCc1ccc([N+](=O)[O-])cc1. The first-order valence-electron chi connectivity index (χ1n) is 10.7. The van der Waals surface area contributed by atoms with Crippen molar-refractivity contribution >= 4 is 41.1 Å². The summed E-state index contributed by atoms with van der Waals surface area (Å²) in [6.45, 7) is 1.89. The minimum Gasteiger partial charge on any atom is -0.459 e. The largest absolute Gasteiger partial charge is 0.459 e. The summed E-state index contributed by atoms with van der Waals surface area (Å²) in [7, 11) is 0. The van der Waals surface area contributed by atoms with Gasteiger partial charge in [0, 0.05) is 23.4 Å². The molecule has 180 valence electrons. The molecule has 0 aliphatic carbocycles. The number of fused-ring (bicyclic) bond motifs is 1. The molecule has 1 amide bonds. The zero-order valence-electron chi connectivity index (χ0n) is 18.5. The minimum atomic E-state index is -1.04. The Morgan fingerprint density at radius 1 is 1.20 bits per heavy atom. The fourth-order valence-electron chi connectivity index (χ4n) is 4.24. The van der Waals surface area contributed by atoms with Gasteiger partial charge in [-0.15, -0.1) is 22.0 Å². The lowest BCUT2D eigenvalue weighted by Crippen LogP contribution is -2.58. The Morgan fingerprint density at radius 2 is 1.89 bits per heavy atom. The summed E-state index contributed by atoms with van der Waals surface area (Å²) in [6, 6.07) is 14.5. The third kappa shape index (κ3) is 4.29. The fraction of sp³-hybridized carbons (Fsp3) is 0.364. The molecule has 2 fully saturated rings. The van der Waals surface area contributed by atoms with Gasteiger partial charge in [-0.3, -0.25) is 14.9 Å². The molecule has 2 saturated heterocycles. The standard InChI is InChI=1S/C22H20N6O5S2/c1-21(13-34-22(23-25-26-24-22)15-5-3-2-4-6-15)19(27-17(29)11-18(27)35-21)20(30)33-12-14-7-9-16(10-8-14)28(31)32/h2-10,18-19H,11-13H2,1H3. The van der Waals surface area contributed by atoms with E-state index >= 15 is 0 Å². The lowest BCUT2D eigenvalue weighted by atomic mass is 9.98. The van der Waals surface area contributed by atoms with Crippen LogP contribution in [-0.2, 0) is 25.9 Å². The number of β-lactam (4-membered cyclic amide) rings is 1. The number of nitro benzene ring substituents is 1. The molecule has 0 N–H and O–H groups in total. The highest BCUT2D eigenvalue weighted by molar-refractivity contribution is 8.05. The van der Waals surface area contributed by atoms with E-state index < -0.39 is 26.7 Å². The number of nitrogens with zero attached hydrogens (tertiary/aromatic N) is 6. The number of esters is 1. The first kappa shape index (κ1) is 23.4. The maximum atomic E-state index is 13.3. The highest BCUT2D eigenvalue weighted by Crippen LogP contribution is 2.55. The topological polar surface area (TPSA) is 139 Å². The van der Waals surface area contributed by atoms with Gasteiger partial charge < -0.3 is 9.64 Å². The number of non-ortho nitro benzene ring substituents is 1. The molecule has 2 aromatic carbocycles. The van der Waals surface area contributed by atoms with E-state index in [-0.39, 0.29) is 23.6 Å². The number of carbonyl (C=O) groups excluding carboxylic acids is 2. The van der Waals surface area contributed by atoms with Crippen molar-refractivity contribution in [3.8, 4) is 0 Å². The van der Waals surface area contributed by atoms with Crippen LogP contribution in [-0.4, -0.2) is 43.6 Å². The molecule has 11 nitrogen and oxygen atoms in total. The maximum Gasteiger partial charge on any atom is 0.330 e. The Morgan fingerprint density at radius 3 is 2.51 bits per heavy atom. The van der Waals surface area contributed by atoms with Gasteiger partial charge in [0.2, 0.25) is 5.91 Å². The zero-order chi connectivity index (χ0) is 24.6. The number of hydrogen-bond acceptors (Lipinski definition) is 11. The summed E-state index contributed by atoms with van der Waals surface area (Å²) >= 11 is 2.97. The summed E-state index contributed by atoms with van der Waals surface area (Å²) < 4.78 is 4.92. The molecule has 3 unspecified atom stereocenters. The quantitative estimate of drug-likeness (QED) is 0.220. The third-order valence-corrected chi connectivity index (χ3v) is 9.37. The van der Waals surface area contributed by atoms with Crippen molar-refractivity contribution in [2.75, 3.05) is 5.75 Å². The van der Waals surface area contributed by atoms with E-state index in [1.165, 1.54) is 23.9 Å². The molecule has 0 radical (unpaired) electrons.